The monoisotopic (exact) mass is 417 g/mol. The number of rotatable bonds is 5. The molecule has 1 aliphatic rings. The number of hydrazone groups is 1. The molecule has 1 aliphatic heterocycles. The van der Waals surface area contributed by atoms with Crippen molar-refractivity contribution in [3.63, 3.8) is 0 Å². The second-order valence-electron chi connectivity index (χ2n) is 7.48. The molecular weight excluding hydrogens is 394 g/mol. The normalized spacial score (nSPS) is 18.6. The average molecular weight is 417 g/mol. The van der Waals surface area contributed by atoms with Crippen molar-refractivity contribution in [3.8, 4) is 11.4 Å². The summed E-state index contributed by atoms with van der Waals surface area (Å²) < 4.78 is 6.97. The maximum absolute atomic E-state index is 13.1. The number of urea groups is 1. The van der Waals surface area contributed by atoms with E-state index in [9.17, 15) is 9.59 Å². The lowest BCUT2D eigenvalue weighted by Gasteiger charge is -2.21. The fourth-order valence-electron chi connectivity index (χ4n) is 3.63. The molecule has 4 rings (SSSR count). The van der Waals surface area contributed by atoms with Crippen LogP contribution in [0, 0.1) is 13.8 Å². The molecule has 2 aromatic carbocycles. The number of benzene rings is 2. The van der Waals surface area contributed by atoms with Gasteiger partial charge in [0, 0.05) is 5.56 Å². The number of imide groups is 1. The number of aryl methyl sites for hydroxylation is 1. The fourth-order valence-corrected chi connectivity index (χ4v) is 3.63. The number of amides is 3. The third-order valence-corrected chi connectivity index (χ3v) is 5.49. The summed E-state index contributed by atoms with van der Waals surface area (Å²) in [5, 5.41) is 12.4. The molecule has 0 aliphatic carbocycles. The van der Waals surface area contributed by atoms with Gasteiger partial charge in [0.25, 0.3) is 5.91 Å². The van der Waals surface area contributed by atoms with Gasteiger partial charge in [-0.15, -0.1) is 5.01 Å². The molecule has 2 heterocycles. The average Bonchev–Trinajstić information content (AvgIpc) is 3.19. The van der Waals surface area contributed by atoms with E-state index in [-0.39, 0.29) is 0 Å². The van der Waals surface area contributed by atoms with E-state index in [0.29, 0.717) is 11.3 Å². The van der Waals surface area contributed by atoms with E-state index in [1.54, 1.807) is 38.3 Å². The summed E-state index contributed by atoms with van der Waals surface area (Å²) in [5.41, 5.74) is 2.72. The van der Waals surface area contributed by atoms with Crippen LogP contribution in [0.1, 0.15) is 29.4 Å². The molecule has 8 nitrogen and oxygen atoms in total. The fraction of sp³-hybridized carbons (Fsp3) is 0.217. The van der Waals surface area contributed by atoms with E-state index in [4.69, 9.17) is 4.74 Å². The highest BCUT2D eigenvalue weighted by atomic mass is 16.5. The number of hydrogen-bond donors (Lipinski definition) is 1. The Morgan fingerprint density at radius 3 is 2.39 bits per heavy atom. The smallest absolute Gasteiger partial charge is 0.346 e. The largest absolute Gasteiger partial charge is 0.497 e. The van der Waals surface area contributed by atoms with E-state index in [1.165, 1.54) is 6.21 Å². The zero-order valence-corrected chi connectivity index (χ0v) is 17.8. The van der Waals surface area contributed by atoms with Crippen molar-refractivity contribution in [2.45, 2.75) is 26.3 Å². The van der Waals surface area contributed by atoms with Crippen LogP contribution in [0.2, 0.25) is 0 Å². The topological polar surface area (TPSA) is 88.8 Å². The van der Waals surface area contributed by atoms with Crippen LogP contribution >= 0.6 is 0 Å². The molecule has 31 heavy (non-hydrogen) atoms. The predicted molar refractivity (Wildman–Crippen MR) is 116 cm³/mol. The highest BCUT2D eigenvalue weighted by molar-refractivity contribution is 6.07. The second-order valence-corrected chi connectivity index (χ2v) is 7.48. The Morgan fingerprint density at radius 2 is 1.74 bits per heavy atom. The van der Waals surface area contributed by atoms with Gasteiger partial charge in [0.05, 0.1) is 30.4 Å². The van der Waals surface area contributed by atoms with Gasteiger partial charge >= 0.3 is 6.03 Å². The summed E-state index contributed by atoms with van der Waals surface area (Å²) in [7, 11) is 1.57. The Kier molecular flexibility index (Phi) is 5.06. The van der Waals surface area contributed by atoms with Gasteiger partial charge in [-0.1, -0.05) is 30.3 Å². The van der Waals surface area contributed by atoms with Gasteiger partial charge in [-0.05, 0) is 50.6 Å². The molecule has 1 N–H and O–H groups in total. The molecule has 0 radical (unpaired) electrons. The molecule has 0 spiro atoms. The van der Waals surface area contributed by atoms with Gasteiger partial charge < -0.3 is 10.1 Å². The molecule has 1 saturated heterocycles. The van der Waals surface area contributed by atoms with Crippen LogP contribution in [0.4, 0.5) is 4.79 Å². The van der Waals surface area contributed by atoms with Crippen LogP contribution in [-0.4, -0.2) is 40.1 Å². The third kappa shape index (κ3) is 3.46. The first kappa shape index (κ1) is 20.3. The van der Waals surface area contributed by atoms with Gasteiger partial charge in [-0.3, -0.25) is 4.79 Å². The summed E-state index contributed by atoms with van der Waals surface area (Å²) in [6.07, 6.45) is 1.51. The molecule has 0 saturated carbocycles. The van der Waals surface area contributed by atoms with Crippen LogP contribution in [0.15, 0.2) is 59.7 Å². The van der Waals surface area contributed by atoms with Gasteiger partial charge in [0.15, 0.2) is 0 Å². The van der Waals surface area contributed by atoms with E-state index in [2.05, 4.69) is 15.5 Å². The zero-order chi connectivity index (χ0) is 22.2. The first-order valence-electron chi connectivity index (χ1n) is 9.82. The minimum atomic E-state index is -1.21. The zero-order valence-electron chi connectivity index (χ0n) is 17.8. The maximum atomic E-state index is 13.1. The van der Waals surface area contributed by atoms with Crippen molar-refractivity contribution in [3.05, 3.63) is 77.1 Å². The minimum absolute atomic E-state index is 0.454. The van der Waals surface area contributed by atoms with Crippen LogP contribution in [-0.2, 0) is 10.3 Å². The Labute approximate surface area is 180 Å². The lowest BCUT2D eigenvalue weighted by Crippen LogP contribution is -2.40. The standard InChI is InChI=1S/C23H23N5O3/c1-15-20(16(2)27(26-15)18-8-6-5-7-9-18)14-24-28-21(29)23(3,25-22(28)30)17-10-12-19(31-4)13-11-17/h5-14H,1-4H3,(H,25,30). The number of carbonyl (C=O) groups excluding carboxylic acids is 2. The molecule has 1 atom stereocenters. The summed E-state index contributed by atoms with van der Waals surface area (Å²) in [4.78, 5) is 25.6. The Balaban J connectivity index is 1.62. The van der Waals surface area contributed by atoms with Crippen LogP contribution in [0.5, 0.6) is 5.75 Å². The Morgan fingerprint density at radius 1 is 1.06 bits per heavy atom. The van der Waals surface area contributed by atoms with Gasteiger partial charge in [0.1, 0.15) is 11.3 Å². The quantitative estimate of drug-likeness (QED) is 0.510. The molecule has 0 bridgehead atoms. The van der Waals surface area contributed by atoms with Crippen LogP contribution in [0.25, 0.3) is 5.69 Å². The Hall–Kier alpha value is -3.94. The van der Waals surface area contributed by atoms with Crippen molar-refractivity contribution in [2.24, 2.45) is 5.10 Å². The van der Waals surface area contributed by atoms with Crippen molar-refractivity contribution in [1.82, 2.24) is 20.1 Å². The molecule has 3 amide bonds. The molecule has 8 heteroatoms. The summed E-state index contributed by atoms with van der Waals surface area (Å²) in [6, 6.07) is 16.1. The third-order valence-electron chi connectivity index (χ3n) is 5.49. The molecule has 1 fully saturated rings. The number of aromatic nitrogens is 2. The molecular formula is C23H23N5O3. The van der Waals surface area contributed by atoms with Crippen molar-refractivity contribution >= 4 is 18.2 Å². The van der Waals surface area contributed by atoms with Gasteiger partial charge in [-0.25, -0.2) is 9.48 Å². The Bertz CT molecular complexity index is 1170. The van der Waals surface area contributed by atoms with Crippen molar-refractivity contribution in [2.75, 3.05) is 7.11 Å². The predicted octanol–water partition coefficient (Wildman–Crippen LogP) is 3.30. The van der Waals surface area contributed by atoms with Crippen molar-refractivity contribution in [1.29, 1.82) is 0 Å². The van der Waals surface area contributed by atoms with Gasteiger partial charge in [0.2, 0.25) is 0 Å². The van der Waals surface area contributed by atoms with E-state index < -0.39 is 17.5 Å². The first-order valence-corrected chi connectivity index (χ1v) is 9.82. The van der Waals surface area contributed by atoms with Crippen molar-refractivity contribution < 1.29 is 14.3 Å². The summed E-state index contributed by atoms with van der Waals surface area (Å²) >= 11 is 0. The van der Waals surface area contributed by atoms with E-state index in [1.807, 2.05) is 48.9 Å². The lowest BCUT2D eigenvalue weighted by atomic mass is 9.92. The summed E-state index contributed by atoms with van der Waals surface area (Å²) in [6.45, 7) is 5.44. The molecule has 1 aromatic heterocycles. The second kappa shape index (κ2) is 7.71. The van der Waals surface area contributed by atoms with E-state index >= 15 is 0 Å². The van der Waals surface area contributed by atoms with E-state index in [0.717, 1.165) is 27.6 Å². The molecule has 1 unspecified atom stereocenters. The number of carbonyl (C=O) groups is 2. The van der Waals surface area contributed by atoms with Gasteiger partial charge in [-0.2, -0.15) is 10.2 Å². The number of nitrogens with one attached hydrogen (secondary N) is 1. The number of hydrogen-bond acceptors (Lipinski definition) is 5. The minimum Gasteiger partial charge on any atom is -0.497 e. The number of para-hydroxylation sites is 1. The summed E-state index contributed by atoms with van der Waals surface area (Å²) in [5.74, 6) is 0.213. The number of methoxy groups -OCH3 is 1. The van der Waals surface area contributed by atoms with Crippen LogP contribution in [0.3, 0.4) is 0 Å². The first-order chi connectivity index (χ1) is 14.8. The van der Waals surface area contributed by atoms with Crippen LogP contribution < -0.4 is 10.1 Å². The number of ether oxygens (including phenoxy) is 1. The highest BCUT2D eigenvalue weighted by Crippen LogP contribution is 2.30. The maximum Gasteiger partial charge on any atom is 0.346 e. The SMILES string of the molecule is COc1ccc(C2(C)NC(=O)N(N=Cc3c(C)nn(-c4ccccc4)c3C)C2=O)cc1. The molecule has 3 aromatic rings. The lowest BCUT2D eigenvalue weighted by molar-refractivity contribution is -0.131. The highest BCUT2D eigenvalue weighted by Gasteiger charge is 2.49. The number of nitrogens with zero attached hydrogens (tertiary/aromatic N) is 4. The molecule has 158 valence electrons.